The molecule has 1 aliphatic heterocycles. The van der Waals surface area contributed by atoms with Crippen LogP contribution < -0.4 is 0 Å². The predicted octanol–water partition coefficient (Wildman–Crippen LogP) is 2.01. The van der Waals surface area contributed by atoms with Crippen LogP contribution in [-0.2, 0) is 16.6 Å². The molecule has 3 nitrogen and oxygen atoms in total. The van der Waals surface area contributed by atoms with Crippen LogP contribution in [0.15, 0.2) is 18.2 Å². The highest BCUT2D eigenvalue weighted by Crippen LogP contribution is 2.21. The van der Waals surface area contributed by atoms with Crippen molar-refractivity contribution in [2.45, 2.75) is 13.0 Å². The van der Waals surface area contributed by atoms with Crippen LogP contribution in [0, 0.1) is 5.82 Å². The summed E-state index contributed by atoms with van der Waals surface area (Å²) in [5, 5.41) is 0.0223. The molecule has 1 heterocycles. The molecule has 6 heteroatoms. The third-order valence-corrected chi connectivity index (χ3v) is 4.74. The highest BCUT2D eigenvalue weighted by molar-refractivity contribution is 7.89. The second-order valence-corrected chi connectivity index (χ2v) is 6.25. The number of halogens is 2. The molecule has 0 radical (unpaired) electrons. The Morgan fingerprint density at radius 3 is 2.75 bits per heavy atom. The van der Waals surface area contributed by atoms with Crippen LogP contribution in [0.25, 0.3) is 0 Å². The molecule has 1 aliphatic rings. The Morgan fingerprint density at radius 1 is 1.44 bits per heavy atom. The second kappa shape index (κ2) is 4.31. The van der Waals surface area contributed by atoms with E-state index in [2.05, 4.69) is 0 Å². The predicted molar refractivity (Wildman–Crippen MR) is 60.2 cm³/mol. The zero-order valence-corrected chi connectivity index (χ0v) is 10.1. The number of benzene rings is 1. The molecule has 0 aliphatic carbocycles. The maximum atomic E-state index is 12.9. The van der Waals surface area contributed by atoms with Crippen molar-refractivity contribution in [3.05, 3.63) is 34.6 Å². The zero-order valence-electron chi connectivity index (χ0n) is 8.49. The van der Waals surface area contributed by atoms with Crippen LogP contribution in [0.5, 0.6) is 0 Å². The molecule has 0 spiro atoms. The first-order valence-corrected chi connectivity index (χ1v) is 6.89. The largest absolute Gasteiger partial charge is 0.214 e. The smallest absolute Gasteiger partial charge is 0.212 e. The summed E-state index contributed by atoms with van der Waals surface area (Å²) >= 11 is 5.63. The van der Waals surface area contributed by atoms with Gasteiger partial charge in [-0.05, 0) is 24.1 Å². The van der Waals surface area contributed by atoms with Gasteiger partial charge in [0.1, 0.15) is 5.82 Å². The topological polar surface area (TPSA) is 37.4 Å². The molecule has 1 aromatic carbocycles. The van der Waals surface area contributed by atoms with Gasteiger partial charge in [0.05, 0.1) is 10.8 Å². The molecule has 0 atom stereocenters. The zero-order chi connectivity index (χ0) is 11.8. The van der Waals surface area contributed by atoms with Crippen molar-refractivity contribution in [1.29, 1.82) is 0 Å². The van der Waals surface area contributed by atoms with Crippen LogP contribution in [0.3, 0.4) is 0 Å². The van der Waals surface area contributed by atoms with Crippen molar-refractivity contribution in [2.75, 3.05) is 12.3 Å². The summed E-state index contributed by atoms with van der Waals surface area (Å²) < 4.78 is 37.4. The van der Waals surface area contributed by atoms with E-state index in [4.69, 9.17) is 11.6 Å². The van der Waals surface area contributed by atoms with Gasteiger partial charge in [-0.15, -0.1) is 0 Å². The molecule has 2 rings (SSSR count). The van der Waals surface area contributed by atoms with E-state index in [0.29, 0.717) is 18.5 Å². The molecular formula is C10H11ClFNO2S. The van der Waals surface area contributed by atoms with Gasteiger partial charge in [-0.3, -0.25) is 0 Å². The first kappa shape index (κ1) is 11.8. The Hall–Kier alpha value is -0.650. The van der Waals surface area contributed by atoms with Gasteiger partial charge in [-0.2, -0.15) is 4.31 Å². The maximum absolute atomic E-state index is 12.9. The average Bonchev–Trinajstić information content (AvgIpc) is 2.52. The minimum atomic E-state index is -3.11. The van der Waals surface area contributed by atoms with Crippen molar-refractivity contribution in [2.24, 2.45) is 0 Å². The Balaban J connectivity index is 2.18. The van der Waals surface area contributed by atoms with Gasteiger partial charge in [0.2, 0.25) is 10.0 Å². The monoisotopic (exact) mass is 263 g/mol. The molecule has 0 unspecified atom stereocenters. The Morgan fingerprint density at radius 2 is 2.19 bits per heavy atom. The van der Waals surface area contributed by atoms with E-state index in [9.17, 15) is 12.8 Å². The Bertz CT molecular complexity index is 504. The van der Waals surface area contributed by atoms with Gasteiger partial charge >= 0.3 is 0 Å². The number of rotatable bonds is 2. The van der Waals surface area contributed by atoms with Crippen molar-refractivity contribution in [3.8, 4) is 0 Å². The van der Waals surface area contributed by atoms with Gasteiger partial charge in [0, 0.05) is 13.1 Å². The fraction of sp³-hybridized carbons (Fsp3) is 0.400. The van der Waals surface area contributed by atoms with Crippen LogP contribution >= 0.6 is 11.6 Å². The number of hydrogen-bond acceptors (Lipinski definition) is 2. The molecule has 0 N–H and O–H groups in total. The van der Waals surface area contributed by atoms with Crippen LogP contribution in [0.4, 0.5) is 4.39 Å². The van der Waals surface area contributed by atoms with E-state index in [1.54, 1.807) is 6.07 Å². The standard InChI is InChI=1S/C10H11ClFNO2S/c11-9-6-8(2-3-10(9)12)7-13-4-1-5-16(13,14)15/h2-3,6H,1,4-5,7H2. The van der Waals surface area contributed by atoms with E-state index in [-0.39, 0.29) is 17.3 Å². The molecule has 0 aromatic heterocycles. The molecular weight excluding hydrogens is 253 g/mol. The van der Waals surface area contributed by atoms with E-state index in [0.717, 1.165) is 0 Å². The molecule has 0 amide bonds. The lowest BCUT2D eigenvalue weighted by molar-refractivity contribution is 0.439. The lowest BCUT2D eigenvalue weighted by atomic mass is 10.2. The van der Waals surface area contributed by atoms with E-state index in [1.165, 1.54) is 16.4 Å². The lowest BCUT2D eigenvalue weighted by Gasteiger charge is -2.14. The third-order valence-electron chi connectivity index (χ3n) is 2.55. The van der Waals surface area contributed by atoms with Crippen molar-refractivity contribution in [1.82, 2.24) is 4.31 Å². The molecule has 0 bridgehead atoms. The summed E-state index contributed by atoms with van der Waals surface area (Å²) in [6.07, 6.45) is 0.650. The van der Waals surface area contributed by atoms with Gasteiger partial charge < -0.3 is 0 Å². The molecule has 88 valence electrons. The Labute approximate surface area is 98.9 Å². The summed E-state index contributed by atoms with van der Waals surface area (Å²) in [5.74, 6) is -0.295. The summed E-state index contributed by atoms with van der Waals surface area (Å²) in [6.45, 7) is 0.791. The Kier molecular flexibility index (Phi) is 3.19. The lowest BCUT2D eigenvalue weighted by Crippen LogP contribution is -2.25. The van der Waals surface area contributed by atoms with Crippen molar-refractivity contribution < 1.29 is 12.8 Å². The second-order valence-electron chi connectivity index (χ2n) is 3.75. The van der Waals surface area contributed by atoms with Crippen LogP contribution in [-0.4, -0.2) is 25.0 Å². The number of sulfonamides is 1. The van der Waals surface area contributed by atoms with Crippen LogP contribution in [0.1, 0.15) is 12.0 Å². The molecule has 1 aromatic rings. The van der Waals surface area contributed by atoms with Gasteiger partial charge in [0.25, 0.3) is 0 Å². The van der Waals surface area contributed by atoms with Crippen molar-refractivity contribution in [3.63, 3.8) is 0 Å². The summed E-state index contributed by atoms with van der Waals surface area (Å²) in [7, 11) is -3.11. The maximum Gasteiger partial charge on any atom is 0.214 e. The van der Waals surface area contributed by atoms with Gasteiger partial charge in [-0.1, -0.05) is 17.7 Å². The van der Waals surface area contributed by atoms with E-state index < -0.39 is 15.8 Å². The first-order valence-electron chi connectivity index (χ1n) is 4.91. The minimum Gasteiger partial charge on any atom is -0.212 e. The van der Waals surface area contributed by atoms with Crippen molar-refractivity contribution >= 4 is 21.6 Å². The summed E-state index contributed by atoms with van der Waals surface area (Å²) in [5.41, 5.74) is 0.705. The van der Waals surface area contributed by atoms with Gasteiger partial charge in [-0.25, -0.2) is 12.8 Å². The van der Waals surface area contributed by atoms with Crippen LogP contribution in [0.2, 0.25) is 5.02 Å². The minimum absolute atomic E-state index is 0.0223. The number of nitrogens with zero attached hydrogens (tertiary/aromatic N) is 1. The third kappa shape index (κ3) is 2.36. The number of hydrogen-bond donors (Lipinski definition) is 0. The average molecular weight is 264 g/mol. The first-order chi connectivity index (χ1) is 7.49. The highest BCUT2D eigenvalue weighted by Gasteiger charge is 2.27. The molecule has 1 fully saturated rings. The summed E-state index contributed by atoms with van der Waals surface area (Å²) in [6, 6.07) is 4.26. The van der Waals surface area contributed by atoms with Gasteiger partial charge in [0.15, 0.2) is 0 Å². The van der Waals surface area contributed by atoms with E-state index >= 15 is 0 Å². The fourth-order valence-corrected chi connectivity index (χ4v) is 3.42. The van der Waals surface area contributed by atoms with E-state index in [1.807, 2.05) is 0 Å². The fourth-order valence-electron chi connectivity index (χ4n) is 1.71. The molecule has 1 saturated heterocycles. The molecule has 16 heavy (non-hydrogen) atoms. The summed E-state index contributed by atoms with van der Waals surface area (Å²) in [4.78, 5) is 0. The molecule has 0 saturated carbocycles. The normalized spacial score (nSPS) is 20.1. The highest BCUT2D eigenvalue weighted by atomic mass is 35.5. The quantitative estimate of drug-likeness (QED) is 0.819. The SMILES string of the molecule is O=S1(=O)CCCN1Cc1ccc(F)c(Cl)c1.